The van der Waals surface area contributed by atoms with Crippen molar-refractivity contribution < 1.29 is 4.74 Å². The summed E-state index contributed by atoms with van der Waals surface area (Å²) < 4.78 is 9.65. The van der Waals surface area contributed by atoms with Crippen LogP contribution in [0.5, 0.6) is 0 Å². The number of ether oxygens (including phenoxy) is 1. The third kappa shape index (κ3) is 5.42. The number of aryl methyl sites for hydroxylation is 1. The monoisotopic (exact) mass is 372 g/mol. The van der Waals surface area contributed by atoms with Crippen molar-refractivity contribution in [3.05, 3.63) is 35.7 Å². The van der Waals surface area contributed by atoms with Crippen molar-refractivity contribution in [2.75, 3.05) is 32.1 Å². The SMILES string of the molecule is COC1CC(CCNCCNc2nc(-c3ccc(C)nc3)ns2)=CC=N1. The second kappa shape index (κ2) is 9.51. The summed E-state index contributed by atoms with van der Waals surface area (Å²) in [5.74, 6) is 0.719. The molecule has 1 atom stereocenters. The molecule has 0 saturated carbocycles. The molecule has 0 bridgehead atoms. The second-order valence-electron chi connectivity index (χ2n) is 6.06. The number of dihydropyridines is 1. The van der Waals surface area contributed by atoms with Gasteiger partial charge >= 0.3 is 0 Å². The van der Waals surface area contributed by atoms with E-state index in [1.54, 1.807) is 7.11 Å². The maximum atomic E-state index is 5.27. The first-order valence-electron chi connectivity index (χ1n) is 8.70. The van der Waals surface area contributed by atoms with Crippen LogP contribution in [-0.2, 0) is 4.74 Å². The molecule has 8 heteroatoms. The fourth-order valence-corrected chi connectivity index (χ4v) is 3.18. The van der Waals surface area contributed by atoms with E-state index in [0.717, 1.165) is 54.7 Å². The van der Waals surface area contributed by atoms with Gasteiger partial charge in [0.15, 0.2) is 12.1 Å². The van der Waals surface area contributed by atoms with Gasteiger partial charge in [-0.2, -0.15) is 9.36 Å². The first kappa shape index (κ1) is 18.6. The minimum atomic E-state index is -0.0213. The molecule has 0 spiro atoms. The molecule has 0 radical (unpaired) electrons. The Kier molecular flexibility index (Phi) is 6.82. The number of nitrogens with zero attached hydrogens (tertiary/aromatic N) is 4. The Morgan fingerprint density at radius 3 is 3.00 bits per heavy atom. The topological polar surface area (TPSA) is 84.3 Å². The molecule has 2 N–H and O–H groups in total. The van der Waals surface area contributed by atoms with Crippen LogP contribution in [-0.4, -0.2) is 53.5 Å². The van der Waals surface area contributed by atoms with E-state index in [0.29, 0.717) is 0 Å². The first-order chi connectivity index (χ1) is 12.7. The predicted molar refractivity (Wildman–Crippen MR) is 106 cm³/mol. The van der Waals surface area contributed by atoms with Gasteiger partial charge in [0.1, 0.15) is 0 Å². The maximum absolute atomic E-state index is 5.27. The van der Waals surface area contributed by atoms with Crippen LogP contribution in [0.25, 0.3) is 11.4 Å². The number of rotatable bonds is 9. The van der Waals surface area contributed by atoms with Crippen molar-refractivity contribution >= 4 is 22.9 Å². The highest BCUT2D eigenvalue weighted by Crippen LogP contribution is 2.20. The number of methoxy groups -OCH3 is 1. The van der Waals surface area contributed by atoms with E-state index in [-0.39, 0.29) is 6.23 Å². The zero-order chi connectivity index (χ0) is 18.2. The number of anilines is 1. The lowest BCUT2D eigenvalue weighted by atomic mass is 10.1. The lowest BCUT2D eigenvalue weighted by Gasteiger charge is -2.16. The Hall–Kier alpha value is -2.16. The average Bonchev–Trinajstić information content (AvgIpc) is 3.14. The van der Waals surface area contributed by atoms with Crippen molar-refractivity contribution in [1.29, 1.82) is 0 Å². The number of aliphatic imine (C=N–C) groups is 1. The van der Waals surface area contributed by atoms with Crippen LogP contribution in [0.15, 0.2) is 35.0 Å². The van der Waals surface area contributed by atoms with Gasteiger partial charge in [-0.3, -0.25) is 9.98 Å². The van der Waals surface area contributed by atoms with Gasteiger partial charge in [0, 0.05) is 61.8 Å². The van der Waals surface area contributed by atoms with E-state index in [1.165, 1.54) is 17.1 Å². The van der Waals surface area contributed by atoms with Crippen molar-refractivity contribution in [1.82, 2.24) is 19.7 Å². The van der Waals surface area contributed by atoms with Crippen LogP contribution in [0.3, 0.4) is 0 Å². The van der Waals surface area contributed by atoms with E-state index < -0.39 is 0 Å². The fourth-order valence-electron chi connectivity index (χ4n) is 2.56. The smallest absolute Gasteiger partial charge is 0.202 e. The predicted octanol–water partition coefficient (Wildman–Crippen LogP) is 2.67. The highest BCUT2D eigenvalue weighted by molar-refractivity contribution is 7.09. The van der Waals surface area contributed by atoms with Gasteiger partial charge in [0.2, 0.25) is 5.13 Å². The molecule has 2 aromatic heterocycles. The summed E-state index contributed by atoms with van der Waals surface area (Å²) in [5.41, 5.74) is 3.30. The maximum Gasteiger partial charge on any atom is 0.202 e. The zero-order valence-corrected chi connectivity index (χ0v) is 15.9. The minimum absolute atomic E-state index is 0.0213. The van der Waals surface area contributed by atoms with Crippen LogP contribution in [0.4, 0.5) is 5.13 Å². The third-order valence-electron chi connectivity index (χ3n) is 4.07. The first-order valence-corrected chi connectivity index (χ1v) is 9.47. The van der Waals surface area contributed by atoms with Crippen molar-refractivity contribution in [3.63, 3.8) is 0 Å². The van der Waals surface area contributed by atoms with Crippen molar-refractivity contribution in [2.24, 2.45) is 4.99 Å². The van der Waals surface area contributed by atoms with Crippen LogP contribution in [0.1, 0.15) is 18.5 Å². The summed E-state index contributed by atoms with van der Waals surface area (Å²) >= 11 is 1.37. The number of pyridine rings is 1. The molecule has 0 amide bonds. The van der Waals surface area contributed by atoms with E-state index in [1.807, 2.05) is 31.5 Å². The van der Waals surface area contributed by atoms with E-state index in [9.17, 15) is 0 Å². The highest BCUT2D eigenvalue weighted by atomic mass is 32.1. The summed E-state index contributed by atoms with van der Waals surface area (Å²) in [6.07, 6.45) is 7.60. The molecule has 0 saturated heterocycles. The van der Waals surface area contributed by atoms with Crippen LogP contribution in [0.2, 0.25) is 0 Å². The van der Waals surface area contributed by atoms with Gasteiger partial charge in [-0.05, 0) is 38.1 Å². The van der Waals surface area contributed by atoms with Gasteiger partial charge in [-0.25, -0.2) is 0 Å². The number of nitrogens with one attached hydrogen (secondary N) is 2. The number of allylic oxidation sites excluding steroid dienone is 1. The molecule has 0 aromatic carbocycles. The molecule has 2 aromatic rings. The normalized spacial score (nSPS) is 16.5. The summed E-state index contributed by atoms with van der Waals surface area (Å²) in [5, 5.41) is 7.58. The van der Waals surface area contributed by atoms with E-state index in [2.05, 4.69) is 36.0 Å². The summed E-state index contributed by atoms with van der Waals surface area (Å²) in [6, 6.07) is 3.96. The molecule has 1 aliphatic heterocycles. The van der Waals surface area contributed by atoms with Gasteiger partial charge < -0.3 is 15.4 Å². The highest BCUT2D eigenvalue weighted by Gasteiger charge is 2.10. The van der Waals surface area contributed by atoms with Crippen molar-refractivity contribution in [3.8, 4) is 11.4 Å². The molecule has 138 valence electrons. The Morgan fingerprint density at radius 2 is 2.19 bits per heavy atom. The number of aromatic nitrogens is 3. The lowest BCUT2D eigenvalue weighted by molar-refractivity contribution is 0.109. The molecule has 3 rings (SSSR count). The molecular formula is C18H24N6OS. The Balaban J connectivity index is 1.34. The zero-order valence-electron chi connectivity index (χ0n) is 15.1. The van der Waals surface area contributed by atoms with E-state index in [4.69, 9.17) is 4.74 Å². The molecule has 7 nitrogen and oxygen atoms in total. The molecular weight excluding hydrogens is 348 g/mol. The largest absolute Gasteiger partial charge is 0.359 e. The van der Waals surface area contributed by atoms with Crippen LogP contribution in [0, 0.1) is 6.92 Å². The molecule has 1 unspecified atom stereocenters. The van der Waals surface area contributed by atoms with Crippen LogP contribution < -0.4 is 10.6 Å². The second-order valence-corrected chi connectivity index (χ2v) is 6.81. The lowest BCUT2D eigenvalue weighted by Crippen LogP contribution is -2.24. The Bertz CT molecular complexity index is 755. The molecule has 1 aliphatic rings. The Labute approximate surface area is 157 Å². The van der Waals surface area contributed by atoms with Gasteiger partial charge in [0.05, 0.1) is 0 Å². The van der Waals surface area contributed by atoms with Crippen molar-refractivity contribution in [2.45, 2.75) is 26.0 Å². The van der Waals surface area contributed by atoms with Gasteiger partial charge in [-0.1, -0.05) is 5.57 Å². The quantitative estimate of drug-likeness (QED) is 0.659. The molecule has 26 heavy (non-hydrogen) atoms. The third-order valence-corrected chi connectivity index (χ3v) is 4.74. The minimum Gasteiger partial charge on any atom is -0.359 e. The summed E-state index contributed by atoms with van der Waals surface area (Å²) in [7, 11) is 1.70. The molecule has 0 fully saturated rings. The molecule has 3 heterocycles. The van der Waals surface area contributed by atoms with E-state index >= 15 is 0 Å². The average molecular weight is 372 g/mol. The standard InChI is InChI=1S/C18H24N6OS/c1-13-3-4-15(12-22-13)17-23-18(26-24-17)21-10-9-19-7-5-14-6-8-20-16(11-14)25-2/h3-4,6,8,12,16,19H,5,7,9-11H2,1-2H3,(H,21,23,24). The number of hydrogen-bond acceptors (Lipinski definition) is 8. The Morgan fingerprint density at radius 1 is 1.27 bits per heavy atom. The summed E-state index contributed by atoms with van der Waals surface area (Å²) in [6.45, 7) is 4.58. The van der Waals surface area contributed by atoms with Gasteiger partial charge in [-0.15, -0.1) is 0 Å². The number of hydrogen-bond donors (Lipinski definition) is 2. The van der Waals surface area contributed by atoms with Gasteiger partial charge in [0.25, 0.3) is 0 Å². The van der Waals surface area contributed by atoms with Crippen LogP contribution >= 0.6 is 11.5 Å². The fraction of sp³-hybridized carbons (Fsp3) is 0.444. The summed E-state index contributed by atoms with van der Waals surface area (Å²) in [4.78, 5) is 13.0. The molecule has 0 aliphatic carbocycles.